The number of rotatable bonds is 3. The zero-order valence-electron chi connectivity index (χ0n) is 8.54. The van der Waals surface area contributed by atoms with E-state index in [0.717, 1.165) is 23.5 Å². The van der Waals surface area contributed by atoms with E-state index in [1.54, 1.807) is 6.07 Å². The first-order valence-electron chi connectivity index (χ1n) is 4.61. The summed E-state index contributed by atoms with van der Waals surface area (Å²) < 4.78 is 5.13. The second-order valence-corrected chi connectivity index (χ2v) is 5.44. The van der Waals surface area contributed by atoms with E-state index < -0.39 is 16.8 Å². The van der Waals surface area contributed by atoms with Crippen LogP contribution in [0.5, 0.6) is 0 Å². The third kappa shape index (κ3) is 3.15. The molecule has 1 heterocycles. The molecule has 2 atom stereocenters. The fourth-order valence-electron chi connectivity index (χ4n) is 0.923. The van der Waals surface area contributed by atoms with Crippen molar-refractivity contribution in [2.45, 2.75) is 24.2 Å². The number of ether oxygens (including phenoxy) is 1. The summed E-state index contributed by atoms with van der Waals surface area (Å²) in [6.45, 7) is 2.09. The van der Waals surface area contributed by atoms with Gasteiger partial charge in [-0.25, -0.2) is 4.79 Å². The van der Waals surface area contributed by atoms with Gasteiger partial charge in [-0.1, -0.05) is 30.4 Å². The van der Waals surface area contributed by atoms with Gasteiger partial charge in [0.2, 0.25) is 0 Å². The molecule has 2 unspecified atom stereocenters. The average molecular weight is 261 g/mol. The number of carbonyl (C=O) groups excluding carboxylic acids is 1. The monoisotopic (exact) mass is 261 g/mol. The largest absolute Gasteiger partial charge is 0.462 e. The third-order valence-corrected chi connectivity index (χ3v) is 4.24. The number of aliphatic hydroxyl groups excluding tert-OH is 2. The van der Waals surface area contributed by atoms with Gasteiger partial charge < -0.3 is 14.9 Å². The number of aliphatic hydroxyl groups is 2. The van der Waals surface area contributed by atoms with Crippen molar-refractivity contribution >= 4 is 29.5 Å². The summed E-state index contributed by atoms with van der Waals surface area (Å²) in [5.74, 6) is -0.708. The van der Waals surface area contributed by atoms with Gasteiger partial charge in [-0.3, -0.25) is 0 Å². The van der Waals surface area contributed by atoms with Crippen molar-refractivity contribution in [3.05, 3.63) is 9.81 Å². The minimum absolute atomic E-state index is 0.154. The van der Waals surface area contributed by atoms with Gasteiger partial charge in [0, 0.05) is 0 Å². The molecule has 88 valence electrons. The second-order valence-electron chi connectivity index (χ2n) is 2.93. The van der Waals surface area contributed by atoms with Crippen LogP contribution in [0.1, 0.15) is 13.3 Å². The molecule has 1 saturated heterocycles. The van der Waals surface area contributed by atoms with E-state index in [9.17, 15) is 15.0 Å². The Kier molecular flexibility index (Phi) is 5.15. The Morgan fingerprint density at radius 2 is 2.06 bits per heavy atom. The van der Waals surface area contributed by atoms with E-state index in [4.69, 9.17) is 10.00 Å². The smallest absolute Gasteiger partial charge is 0.350 e. The lowest BCUT2D eigenvalue weighted by Crippen LogP contribution is -2.11. The molecule has 1 aliphatic heterocycles. The standard InChI is InChI=1S/C9H11NO4S2/c1-2-3-14-6(11)5(4-10)9-15-7(12)8(13)16-9/h7-8,12-13H,2-3H2,1H3. The Balaban J connectivity index is 2.78. The van der Waals surface area contributed by atoms with Gasteiger partial charge in [-0.05, 0) is 6.42 Å². The van der Waals surface area contributed by atoms with Crippen molar-refractivity contribution < 1.29 is 19.7 Å². The minimum Gasteiger partial charge on any atom is -0.462 e. The van der Waals surface area contributed by atoms with E-state index in [-0.39, 0.29) is 12.2 Å². The van der Waals surface area contributed by atoms with Crippen molar-refractivity contribution in [3.63, 3.8) is 0 Å². The maximum Gasteiger partial charge on any atom is 0.350 e. The lowest BCUT2D eigenvalue weighted by molar-refractivity contribution is -0.138. The Morgan fingerprint density at radius 1 is 1.50 bits per heavy atom. The summed E-state index contributed by atoms with van der Waals surface area (Å²) in [6.07, 6.45) is 0.672. The first kappa shape index (κ1) is 13.4. The van der Waals surface area contributed by atoms with Crippen LogP contribution in [0, 0.1) is 11.3 Å². The molecular formula is C9H11NO4S2. The van der Waals surface area contributed by atoms with E-state index in [2.05, 4.69) is 0 Å². The fraction of sp³-hybridized carbons (Fsp3) is 0.556. The van der Waals surface area contributed by atoms with E-state index in [1.165, 1.54) is 0 Å². The first-order chi connectivity index (χ1) is 7.60. The maximum atomic E-state index is 11.4. The lowest BCUT2D eigenvalue weighted by Gasteiger charge is -2.02. The highest BCUT2D eigenvalue weighted by molar-refractivity contribution is 8.25. The molecule has 0 aromatic carbocycles. The molecular weight excluding hydrogens is 250 g/mol. The number of nitriles is 1. The van der Waals surface area contributed by atoms with Gasteiger partial charge >= 0.3 is 5.97 Å². The highest BCUT2D eigenvalue weighted by atomic mass is 32.2. The van der Waals surface area contributed by atoms with E-state index in [1.807, 2.05) is 6.92 Å². The van der Waals surface area contributed by atoms with Crippen molar-refractivity contribution in [1.29, 1.82) is 5.26 Å². The zero-order chi connectivity index (χ0) is 12.1. The number of nitrogens with zero attached hydrogens (tertiary/aromatic N) is 1. The number of esters is 1. The van der Waals surface area contributed by atoms with Crippen molar-refractivity contribution in [2.24, 2.45) is 0 Å². The summed E-state index contributed by atoms with van der Waals surface area (Å²) in [5.41, 5.74) is -2.18. The summed E-state index contributed by atoms with van der Waals surface area (Å²) in [7, 11) is 0. The molecule has 2 N–H and O–H groups in total. The quantitative estimate of drug-likeness (QED) is 0.441. The third-order valence-electron chi connectivity index (χ3n) is 1.66. The predicted octanol–water partition coefficient (Wildman–Crippen LogP) is 0.792. The van der Waals surface area contributed by atoms with Crippen LogP contribution in [-0.4, -0.2) is 33.7 Å². The molecule has 1 aliphatic rings. The van der Waals surface area contributed by atoms with Crippen LogP contribution in [-0.2, 0) is 9.53 Å². The fourth-order valence-corrected chi connectivity index (χ4v) is 3.24. The van der Waals surface area contributed by atoms with Crippen LogP contribution in [0.4, 0.5) is 0 Å². The van der Waals surface area contributed by atoms with Gasteiger partial charge in [0.15, 0.2) is 5.57 Å². The molecule has 0 aromatic rings. The molecule has 0 radical (unpaired) electrons. The molecule has 1 fully saturated rings. The molecule has 16 heavy (non-hydrogen) atoms. The maximum absolute atomic E-state index is 11.4. The van der Waals surface area contributed by atoms with Crippen LogP contribution >= 0.6 is 23.5 Å². The molecule has 0 spiro atoms. The molecule has 0 bridgehead atoms. The van der Waals surface area contributed by atoms with Crippen molar-refractivity contribution in [2.75, 3.05) is 6.61 Å². The van der Waals surface area contributed by atoms with Crippen molar-refractivity contribution in [1.82, 2.24) is 0 Å². The predicted molar refractivity (Wildman–Crippen MR) is 61.1 cm³/mol. The number of hydrogen-bond donors (Lipinski definition) is 2. The van der Waals surface area contributed by atoms with Crippen LogP contribution in [0.2, 0.25) is 0 Å². The van der Waals surface area contributed by atoms with E-state index >= 15 is 0 Å². The zero-order valence-corrected chi connectivity index (χ0v) is 10.2. The van der Waals surface area contributed by atoms with Gasteiger partial charge in [0.25, 0.3) is 0 Å². The van der Waals surface area contributed by atoms with Crippen LogP contribution in [0.25, 0.3) is 0 Å². The molecule has 0 amide bonds. The van der Waals surface area contributed by atoms with Crippen LogP contribution in [0.15, 0.2) is 9.81 Å². The minimum atomic E-state index is -1.01. The average Bonchev–Trinajstić information content (AvgIpc) is 2.57. The summed E-state index contributed by atoms with van der Waals surface area (Å²) >= 11 is 1.79. The second kappa shape index (κ2) is 6.15. The normalized spacial score (nSPS) is 24.0. The van der Waals surface area contributed by atoms with Crippen LogP contribution < -0.4 is 0 Å². The Bertz CT molecular complexity index is 338. The lowest BCUT2D eigenvalue weighted by atomic mass is 10.3. The molecule has 0 aliphatic carbocycles. The topological polar surface area (TPSA) is 90.6 Å². The Morgan fingerprint density at radius 3 is 2.50 bits per heavy atom. The van der Waals surface area contributed by atoms with Gasteiger partial charge in [-0.2, -0.15) is 5.26 Å². The van der Waals surface area contributed by atoms with E-state index in [0.29, 0.717) is 10.7 Å². The Labute approximate surface area is 101 Å². The SMILES string of the molecule is CCCOC(=O)C(C#N)=C1SC(O)C(O)S1. The molecule has 5 nitrogen and oxygen atoms in total. The summed E-state index contributed by atoms with van der Waals surface area (Å²) in [4.78, 5) is 11.4. The summed E-state index contributed by atoms with van der Waals surface area (Å²) in [5, 5.41) is 27.4. The number of thioether (sulfide) groups is 2. The molecule has 0 saturated carbocycles. The highest BCUT2D eigenvalue weighted by Gasteiger charge is 2.33. The Hall–Kier alpha value is -0.680. The van der Waals surface area contributed by atoms with Gasteiger partial charge in [-0.15, -0.1) is 0 Å². The van der Waals surface area contributed by atoms with Crippen molar-refractivity contribution in [3.8, 4) is 6.07 Å². The molecule has 1 rings (SSSR count). The number of hydrogen-bond acceptors (Lipinski definition) is 7. The summed E-state index contributed by atoms with van der Waals surface area (Å²) in [6, 6.07) is 1.73. The highest BCUT2D eigenvalue weighted by Crippen LogP contribution is 2.46. The first-order valence-corrected chi connectivity index (χ1v) is 6.37. The van der Waals surface area contributed by atoms with Crippen LogP contribution in [0.3, 0.4) is 0 Å². The molecule has 0 aromatic heterocycles. The molecule has 7 heteroatoms. The van der Waals surface area contributed by atoms with Gasteiger partial charge in [0.1, 0.15) is 16.9 Å². The number of carbonyl (C=O) groups is 1. The van der Waals surface area contributed by atoms with Gasteiger partial charge in [0.05, 0.1) is 10.8 Å².